The number of rotatable bonds is 2. The Balaban J connectivity index is 1.80. The summed E-state index contributed by atoms with van der Waals surface area (Å²) in [4.78, 5) is 15.9. The van der Waals surface area contributed by atoms with Gasteiger partial charge in [-0.3, -0.25) is 4.79 Å². The summed E-state index contributed by atoms with van der Waals surface area (Å²) >= 11 is 0. The second-order valence-corrected chi connectivity index (χ2v) is 4.57. The van der Waals surface area contributed by atoms with Crippen molar-refractivity contribution in [3.63, 3.8) is 0 Å². The van der Waals surface area contributed by atoms with Gasteiger partial charge in [0.05, 0.1) is 5.69 Å². The minimum absolute atomic E-state index is 0.231. The van der Waals surface area contributed by atoms with Crippen LogP contribution >= 0.6 is 0 Å². The maximum atomic E-state index is 12.0. The van der Waals surface area contributed by atoms with Crippen LogP contribution in [0, 0.1) is 6.92 Å². The highest BCUT2D eigenvalue weighted by atomic mass is 16.5. The lowest BCUT2D eigenvalue weighted by Crippen LogP contribution is -2.16. The molecule has 2 aromatic rings. The Morgan fingerprint density at radius 3 is 3.15 bits per heavy atom. The normalized spacial score (nSPS) is 14.1. The van der Waals surface area contributed by atoms with Gasteiger partial charge in [-0.2, -0.15) is 0 Å². The summed E-state index contributed by atoms with van der Waals surface area (Å²) in [5.41, 5.74) is 2.30. The number of aryl methyl sites for hydroxylation is 1. The summed E-state index contributed by atoms with van der Waals surface area (Å²) in [5, 5.41) is 6.05. The highest BCUT2D eigenvalue weighted by molar-refractivity contribution is 6.02. The molecule has 1 aliphatic rings. The maximum Gasteiger partial charge on any atom is 0.293 e. The molecule has 0 atom stereocenters. The molecule has 6 nitrogen and oxygen atoms in total. The molecule has 3 rings (SSSR count). The number of carbonyl (C=O) groups is 1. The van der Waals surface area contributed by atoms with E-state index in [0.717, 1.165) is 24.4 Å². The lowest BCUT2D eigenvalue weighted by molar-refractivity contribution is 0.0996. The second-order valence-electron chi connectivity index (χ2n) is 4.57. The van der Waals surface area contributed by atoms with Gasteiger partial charge in [-0.15, -0.1) is 0 Å². The number of hydrogen-bond acceptors (Lipinski definition) is 5. The van der Waals surface area contributed by atoms with Crippen molar-refractivity contribution in [3.05, 3.63) is 41.6 Å². The highest BCUT2D eigenvalue weighted by Gasteiger charge is 2.15. The van der Waals surface area contributed by atoms with Crippen LogP contribution in [0.2, 0.25) is 0 Å². The molecule has 0 spiro atoms. The smallest absolute Gasteiger partial charge is 0.293 e. The predicted molar refractivity (Wildman–Crippen MR) is 72.8 cm³/mol. The number of nitrogens with zero attached hydrogens (tertiary/aromatic N) is 1. The standard InChI is InChI=1S/C14H15N3O3/c1-9-13(20-8-16-9)14(18)17-11-2-3-12-10(6-11)7-15-4-5-19-12/h2-3,6,8,15H,4-5,7H2,1H3,(H,17,18). The first-order valence-electron chi connectivity index (χ1n) is 6.42. The van der Waals surface area contributed by atoms with Crippen LogP contribution in [0.25, 0.3) is 0 Å². The number of oxazole rings is 1. The van der Waals surface area contributed by atoms with Gasteiger partial charge in [-0.1, -0.05) is 0 Å². The first-order valence-corrected chi connectivity index (χ1v) is 6.42. The molecule has 0 bridgehead atoms. The minimum atomic E-state index is -0.303. The third-order valence-corrected chi connectivity index (χ3v) is 3.12. The van der Waals surface area contributed by atoms with E-state index in [2.05, 4.69) is 15.6 Å². The minimum Gasteiger partial charge on any atom is -0.492 e. The molecule has 0 saturated heterocycles. The average Bonchev–Trinajstić information content (AvgIpc) is 2.73. The molecule has 104 valence electrons. The number of amides is 1. The van der Waals surface area contributed by atoms with E-state index in [9.17, 15) is 4.79 Å². The zero-order valence-electron chi connectivity index (χ0n) is 11.1. The Labute approximate surface area is 116 Å². The maximum absolute atomic E-state index is 12.0. The molecule has 0 aliphatic carbocycles. The number of ether oxygens (including phenoxy) is 1. The number of nitrogens with one attached hydrogen (secondary N) is 2. The summed E-state index contributed by atoms with van der Waals surface area (Å²) in [6, 6.07) is 5.58. The number of carbonyl (C=O) groups excluding carboxylic acids is 1. The van der Waals surface area contributed by atoms with Crippen molar-refractivity contribution >= 4 is 11.6 Å². The van der Waals surface area contributed by atoms with E-state index in [1.807, 2.05) is 18.2 Å². The molecule has 1 aliphatic heterocycles. The zero-order chi connectivity index (χ0) is 13.9. The summed E-state index contributed by atoms with van der Waals surface area (Å²) in [6.45, 7) is 3.91. The van der Waals surface area contributed by atoms with Crippen LogP contribution in [0.15, 0.2) is 29.0 Å². The van der Waals surface area contributed by atoms with Gasteiger partial charge < -0.3 is 19.8 Å². The van der Waals surface area contributed by atoms with Gasteiger partial charge in [-0.25, -0.2) is 4.98 Å². The predicted octanol–water partition coefficient (Wildman–Crippen LogP) is 1.72. The van der Waals surface area contributed by atoms with Crippen molar-refractivity contribution in [1.29, 1.82) is 0 Å². The number of fused-ring (bicyclic) bond motifs is 1. The fraction of sp³-hybridized carbons (Fsp3) is 0.286. The Kier molecular flexibility index (Phi) is 3.39. The van der Waals surface area contributed by atoms with Crippen LogP contribution in [0.1, 0.15) is 21.8 Å². The molecule has 1 aromatic heterocycles. The Morgan fingerprint density at radius 2 is 2.35 bits per heavy atom. The van der Waals surface area contributed by atoms with Crippen molar-refractivity contribution in [3.8, 4) is 5.75 Å². The van der Waals surface area contributed by atoms with Crippen LogP contribution in [-0.2, 0) is 6.54 Å². The van der Waals surface area contributed by atoms with E-state index in [1.165, 1.54) is 6.39 Å². The largest absolute Gasteiger partial charge is 0.492 e. The fourth-order valence-corrected chi connectivity index (χ4v) is 2.10. The van der Waals surface area contributed by atoms with Crippen LogP contribution in [0.4, 0.5) is 5.69 Å². The fourth-order valence-electron chi connectivity index (χ4n) is 2.10. The first kappa shape index (κ1) is 12.7. The van der Waals surface area contributed by atoms with E-state index in [4.69, 9.17) is 9.15 Å². The second kappa shape index (κ2) is 5.34. The molecular formula is C14H15N3O3. The van der Waals surface area contributed by atoms with E-state index >= 15 is 0 Å². The molecule has 1 aromatic carbocycles. The molecule has 6 heteroatoms. The number of anilines is 1. The summed E-state index contributed by atoms with van der Waals surface area (Å²) in [5.74, 6) is 0.778. The molecule has 1 amide bonds. The average molecular weight is 273 g/mol. The van der Waals surface area contributed by atoms with Crippen LogP contribution in [0.3, 0.4) is 0 Å². The van der Waals surface area contributed by atoms with Crippen molar-refractivity contribution in [2.75, 3.05) is 18.5 Å². The van der Waals surface area contributed by atoms with Gasteiger partial charge in [0, 0.05) is 24.3 Å². The summed E-state index contributed by atoms with van der Waals surface area (Å²) in [7, 11) is 0. The Hall–Kier alpha value is -2.34. The monoisotopic (exact) mass is 273 g/mol. The highest BCUT2D eigenvalue weighted by Crippen LogP contribution is 2.24. The number of aromatic nitrogens is 1. The van der Waals surface area contributed by atoms with Gasteiger partial charge in [0.15, 0.2) is 6.39 Å². The van der Waals surface area contributed by atoms with E-state index in [-0.39, 0.29) is 11.7 Å². The van der Waals surface area contributed by atoms with Gasteiger partial charge in [-0.05, 0) is 25.1 Å². The molecule has 20 heavy (non-hydrogen) atoms. The lowest BCUT2D eigenvalue weighted by Gasteiger charge is -2.09. The van der Waals surface area contributed by atoms with E-state index in [1.54, 1.807) is 6.92 Å². The Morgan fingerprint density at radius 1 is 1.45 bits per heavy atom. The molecule has 0 saturated carbocycles. The van der Waals surface area contributed by atoms with Gasteiger partial charge in [0.2, 0.25) is 5.76 Å². The molecule has 2 N–H and O–H groups in total. The number of benzene rings is 1. The van der Waals surface area contributed by atoms with E-state index in [0.29, 0.717) is 18.0 Å². The Bertz CT molecular complexity index is 636. The quantitative estimate of drug-likeness (QED) is 0.871. The molecule has 0 unspecified atom stereocenters. The van der Waals surface area contributed by atoms with Crippen LogP contribution in [-0.4, -0.2) is 24.0 Å². The van der Waals surface area contributed by atoms with Crippen LogP contribution in [0.5, 0.6) is 5.75 Å². The SMILES string of the molecule is Cc1ncoc1C(=O)Nc1ccc2c(c1)CNCCO2. The van der Waals surface area contributed by atoms with Gasteiger partial charge >= 0.3 is 0 Å². The van der Waals surface area contributed by atoms with Gasteiger partial charge in [0.25, 0.3) is 5.91 Å². The van der Waals surface area contributed by atoms with Crippen molar-refractivity contribution in [1.82, 2.24) is 10.3 Å². The first-order chi connectivity index (χ1) is 9.74. The summed E-state index contributed by atoms with van der Waals surface area (Å²) < 4.78 is 10.7. The van der Waals surface area contributed by atoms with Crippen molar-refractivity contribution in [2.45, 2.75) is 13.5 Å². The third kappa shape index (κ3) is 2.50. The molecular weight excluding hydrogens is 258 g/mol. The third-order valence-electron chi connectivity index (χ3n) is 3.12. The zero-order valence-corrected chi connectivity index (χ0v) is 11.1. The van der Waals surface area contributed by atoms with E-state index < -0.39 is 0 Å². The lowest BCUT2D eigenvalue weighted by atomic mass is 10.1. The van der Waals surface area contributed by atoms with Crippen molar-refractivity contribution in [2.24, 2.45) is 0 Å². The summed E-state index contributed by atoms with van der Waals surface area (Å²) in [6.07, 6.45) is 1.26. The number of hydrogen-bond donors (Lipinski definition) is 2. The molecule has 2 heterocycles. The molecule has 0 radical (unpaired) electrons. The van der Waals surface area contributed by atoms with Crippen LogP contribution < -0.4 is 15.4 Å². The van der Waals surface area contributed by atoms with Crippen molar-refractivity contribution < 1.29 is 13.9 Å². The van der Waals surface area contributed by atoms with Gasteiger partial charge in [0.1, 0.15) is 12.4 Å². The molecule has 0 fully saturated rings. The topological polar surface area (TPSA) is 76.4 Å².